The van der Waals surface area contributed by atoms with Crippen molar-refractivity contribution >= 4 is 0 Å². The first-order valence-corrected chi connectivity index (χ1v) is 7.33. The second-order valence-electron chi connectivity index (χ2n) is 5.75. The van der Waals surface area contributed by atoms with E-state index in [2.05, 4.69) is 28.2 Å². The van der Waals surface area contributed by atoms with Crippen LogP contribution < -0.4 is 11.4 Å². The molecule has 0 aliphatic heterocycles. The zero-order chi connectivity index (χ0) is 14.0. The van der Waals surface area contributed by atoms with Gasteiger partial charge in [-0.1, -0.05) is 43.5 Å². The fourth-order valence-corrected chi connectivity index (χ4v) is 3.47. The van der Waals surface area contributed by atoms with Gasteiger partial charge in [-0.05, 0) is 18.4 Å². The number of aromatic amines is 2. The molecular formula is C16H21N3O. The second-order valence-corrected chi connectivity index (χ2v) is 5.75. The summed E-state index contributed by atoms with van der Waals surface area (Å²) >= 11 is 0. The fraction of sp³-hybridized carbons (Fsp3) is 0.438. The van der Waals surface area contributed by atoms with Gasteiger partial charge in [-0.2, -0.15) is 0 Å². The zero-order valence-corrected chi connectivity index (χ0v) is 11.6. The molecule has 1 aliphatic carbocycles. The molecule has 4 nitrogen and oxygen atoms in total. The summed E-state index contributed by atoms with van der Waals surface area (Å²) in [6.45, 7) is 0.665. The fourth-order valence-electron chi connectivity index (χ4n) is 3.47. The van der Waals surface area contributed by atoms with E-state index in [9.17, 15) is 4.79 Å². The molecule has 1 aliphatic rings. The zero-order valence-electron chi connectivity index (χ0n) is 11.6. The van der Waals surface area contributed by atoms with Crippen LogP contribution in [0.15, 0.2) is 35.3 Å². The molecule has 0 radical (unpaired) electrons. The maximum atomic E-state index is 11.4. The predicted octanol–water partition coefficient (Wildman–Crippen LogP) is 2.53. The number of rotatable bonds is 3. The molecule has 4 heteroatoms. The monoisotopic (exact) mass is 271 g/mol. The van der Waals surface area contributed by atoms with E-state index in [-0.39, 0.29) is 11.1 Å². The number of nitrogens with two attached hydrogens (primary N) is 1. The third kappa shape index (κ3) is 2.20. The van der Waals surface area contributed by atoms with Crippen LogP contribution in [0, 0.1) is 0 Å². The van der Waals surface area contributed by atoms with Crippen LogP contribution in [0.5, 0.6) is 0 Å². The summed E-state index contributed by atoms with van der Waals surface area (Å²) in [6.07, 6.45) is 7.77. The molecule has 20 heavy (non-hydrogen) atoms. The molecule has 1 heterocycles. The summed E-state index contributed by atoms with van der Waals surface area (Å²) in [7, 11) is 0. The molecule has 106 valence electrons. The van der Waals surface area contributed by atoms with Crippen LogP contribution in [0.3, 0.4) is 0 Å². The van der Waals surface area contributed by atoms with Crippen molar-refractivity contribution in [1.82, 2.24) is 9.97 Å². The van der Waals surface area contributed by atoms with Gasteiger partial charge in [-0.3, -0.25) is 0 Å². The molecule has 0 amide bonds. The molecular weight excluding hydrogens is 250 g/mol. The van der Waals surface area contributed by atoms with Crippen LogP contribution in [0.2, 0.25) is 0 Å². The van der Waals surface area contributed by atoms with E-state index in [0.717, 1.165) is 24.1 Å². The van der Waals surface area contributed by atoms with Gasteiger partial charge in [0.25, 0.3) is 0 Å². The van der Waals surface area contributed by atoms with Crippen LogP contribution in [0.25, 0.3) is 11.3 Å². The molecule has 2 aromatic rings. The summed E-state index contributed by atoms with van der Waals surface area (Å²) in [5.41, 5.74) is 9.26. The van der Waals surface area contributed by atoms with Crippen molar-refractivity contribution < 1.29 is 0 Å². The van der Waals surface area contributed by atoms with E-state index >= 15 is 0 Å². The van der Waals surface area contributed by atoms with Gasteiger partial charge < -0.3 is 15.7 Å². The van der Waals surface area contributed by atoms with E-state index in [0.29, 0.717) is 6.54 Å². The topological polar surface area (TPSA) is 74.7 Å². The number of H-pyrrole nitrogens is 2. The van der Waals surface area contributed by atoms with Crippen molar-refractivity contribution in [2.45, 2.75) is 37.5 Å². The van der Waals surface area contributed by atoms with Crippen LogP contribution in [-0.2, 0) is 5.41 Å². The molecule has 3 rings (SSSR count). The maximum Gasteiger partial charge on any atom is 0.323 e. The van der Waals surface area contributed by atoms with Gasteiger partial charge in [0.2, 0.25) is 0 Å². The summed E-state index contributed by atoms with van der Waals surface area (Å²) in [6, 6.07) is 8.31. The maximum absolute atomic E-state index is 11.4. The van der Waals surface area contributed by atoms with Gasteiger partial charge >= 0.3 is 5.69 Å². The lowest BCUT2D eigenvalue weighted by molar-refractivity contribution is 0.301. The minimum atomic E-state index is -0.166. The highest BCUT2D eigenvalue weighted by molar-refractivity contribution is 5.65. The molecule has 0 saturated heterocycles. The number of hydrogen-bond donors (Lipinski definition) is 3. The van der Waals surface area contributed by atoms with Crippen molar-refractivity contribution in [1.29, 1.82) is 0 Å². The van der Waals surface area contributed by atoms with Gasteiger partial charge in [-0.15, -0.1) is 0 Å². The summed E-state index contributed by atoms with van der Waals surface area (Å²) in [4.78, 5) is 16.9. The van der Waals surface area contributed by atoms with Crippen LogP contribution in [0.4, 0.5) is 0 Å². The normalized spacial score (nSPS) is 18.1. The highest BCUT2D eigenvalue weighted by Crippen LogP contribution is 2.42. The molecule has 0 atom stereocenters. The van der Waals surface area contributed by atoms with Crippen LogP contribution in [0.1, 0.15) is 37.7 Å². The summed E-state index contributed by atoms with van der Waals surface area (Å²) in [5, 5.41) is 0. The van der Waals surface area contributed by atoms with E-state index < -0.39 is 0 Å². The Kier molecular flexibility index (Phi) is 3.49. The van der Waals surface area contributed by atoms with Gasteiger partial charge in [0.1, 0.15) is 0 Å². The quantitative estimate of drug-likeness (QED) is 0.802. The number of imidazole rings is 1. The van der Waals surface area contributed by atoms with Crippen molar-refractivity contribution in [2.24, 2.45) is 5.73 Å². The first-order chi connectivity index (χ1) is 9.75. The molecule has 1 fully saturated rings. The second kappa shape index (κ2) is 5.29. The number of nitrogens with one attached hydrogen (secondary N) is 2. The molecule has 4 N–H and O–H groups in total. The average Bonchev–Trinajstić information content (AvgIpc) is 2.94. The van der Waals surface area contributed by atoms with Gasteiger partial charge in [-0.25, -0.2) is 4.79 Å². The van der Waals surface area contributed by atoms with E-state index in [1.807, 2.05) is 6.07 Å². The standard InChI is InChI=1S/C16H21N3O/c17-11-16(8-4-1-5-9-16)13-7-3-2-6-12(13)14-10-18-15(20)19-14/h2-3,6-7,10H,1,4-5,8-9,11,17H2,(H2,18,19,20). The first-order valence-electron chi connectivity index (χ1n) is 7.33. The Morgan fingerprint density at radius 1 is 1.15 bits per heavy atom. The number of hydrogen-bond acceptors (Lipinski definition) is 2. The Morgan fingerprint density at radius 2 is 1.90 bits per heavy atom. The average molecular weight is 271 g/mol. The third-order valence-electron chi connectivity index (χ3n) is 4.59. The van der Waals surface area contributed by atoms with E-state index in [1.54, 1.807) is 6.20 Å². The van der Waals surface area contributed by atoms with E-state index in [1.165, 1.54) is 24.8 Å². The first kappa shape index (κ1) is 13.2. The molecule has 1 aromatic heterocycles. The largest absolute Gasteiger partial charge is 0.330 e. The predicted molar refractivity (Wildman–Crippen MR) is 80.7 cm³/mol. The number of aromatic nitrogens is 2. The van der Waals surface area contributed by atoms with Crippen molar-refractivity contribution in [3.63, 3.8) is 0 Å². The third-order valence-corrected chi connectivity index (χ3v) is 4.59. The Bertz CT molecular complexity index is 635. The lowest BCUT2D eigenvalue weighted by Crippen LogP contribution is -2.37. The Hall–Kier alpha value is -1.81. The van der Waals surface area contributed by atoms with E-state index in [4.69, 9.17) is 5.73 Å². The minimum Gasteiger partial charge on any atom is -0.330 e. The van der Waals surface area contributed by atoms with Gasteiger partial charge in [0, 0.05) is 23.7 Å². The smallest absolute Gasteiger partial charge is 0.323 e. The minimum absolute atomic E-state index is 0.0585. The Morgan fingerprint density at radius 3 is 2.55 bits per heavy atom. The summed E-state index contributed by atoms with van der Waals surface area (Å²) < 4.78 is 0. The molecule has 1 aromatic carbocycles. The van der Waals surface area contributed by atoms with Crippen LogP contribution in [-0.4, -0.2) is 16.5 Å². The molecule has 0 spiro atoms. The molecule has 0 bridgehead atoms. The van der Waals surface area contributed by atoms with Crippen molar-refractivity contribution in [3.8, 4) is 11.3 Å². The summed E-state index contributed by atoms with van der Waals surface area (Å²) in [5.74, 6) is 0. The number of benzene rings is 1. The lowest BCUT2D eigenvalue weighted by Gasteiger charge is -2.38. The molecule has 1 saturated carbocycles. The van der Waals surface area contributed by atoms with Crippen molar-refractivity contribution in [3.05, 3.63) is 46.5 Å². The highest BCUT2D eigenvalue weighted by Gasteiger charge is 2.34. The van der Waals surface area contributed by atoms with Crippen LogP contribution >= 0.6 is 0 Å². The SMILES string of the molecule is NCC1(c2ccccc2-c2c[nH]c(=O)[nH]2)CCCCC1. The Labute approximate surface area is 118 Å². The van der Waals surface area contributed by atoms with Gasteiger partial charge in [0.15, 0.2) is 0 Å². The van der Waals surface area contributed by atoms with Crippen molar-refractivity contribution in [2.75, 3.05) is 6.54 Å². The Balaban J connectivity index is 2.11. The van der Waals surface area contributed by atoms with Gasteiger partial charge in [0.05, 0.1) is 5.69 Å². The highest BCUT2D eigenvalue weighted by atomic mass is 16.1. The lowest BCUT2D eigenvalue weighted by atomic mass is 9.68. The molecule has 0 unspecified atom stereocenters.